The Morgan fingerprint density at radius 2 is 1.52 bits per heavy atom. The summed E-state index contributed by atoms with van der Waals surface area (Å²) in [5.41, 5.74) is 2.15. The van der Waals surface area contributed by atoms with Gasteiger partial charge < -0.3 is 15.5 Å². The highest BCUT2D eigenvalue weighted by atomic mass is 16.2. The van der Waals surface area contributed by atoms with E-state index >= 15 is 0 Å². The number of hydrogen-bond donors (Lipinski definition) is 2. The van der Waals surface area contributed by atoms with E-state index in [9.17, 15) is 4.79 Å². The first-order valence-electron chi connectivity index (χ1n) is 10.0. The van der Waals surface area contributed by atoms with Crippen LogP contribution >= 0.6 is 0 Å². The monoisotopic (exact) mass is 341 g/mol. The van der Waals surface area contributed by atoms with E-state index in [2.05, 4.69) is 41.5 Å². The molecule has 4 bridgehead atoms. The van der Waals surface area contributed by atoms with Gasteiger partial charge in [0.05, 0.1) is 0 Å². The molecule has 25 heavy (non-hydrogen) atoms. The van der Waals surface area contributed by atoms with Crippen molar-refractivity contribution in [3.05, 3.63) is 24.3 Å². The molecule has 4 nitrogen and oxygen atoms in total. The predicted molar refractivity (Wildman–Crippen MR) is 103 cm³/mol. The molecule has 1 aromatic carbocycles. The number of nitrogens with one attached hydrogen (secondary N) is 2. The number of anilines is 2. The molecule has 4 fully saturated rings. The molecule has 0 spiro atoms. The van der Waals surface area contributed by atoms with Crippen LogP contribution < -0.4 is 15.5 Å². The Morgan fingerprint density at radius 1 is 1.00 bits per heavy atom. The number of carbonyl (C=O) groups excluding carboxylic acids is 1. The number of hydrogen-bond acceptors (Lipinski definition) is 2. The molecule has 4 aliphatic carbocycles. The Labute approximate surface area is 151 Å². The van der Waals surface area contributed by atoms with Gasteiger partial charge in [0, 0.05) is 30.0 Å². The third-order valence-corrected chi connectivity index (χ3v) is 6.67. The number of amides is 2. The standard InChI is InChI=1S/C21H31N3O/c1-3-24(4-2)19-7-5-18(6-8-19)22-20(25)23-21-12-15-9-16(13-21)11-17(10-15)14-21/h5-8,15-17H,3-4,9-14H2,1-2H3,(H2,22,23,25). The summed E-state index contributed by atoms with van der Waals surface area (Å²) in [6, 6.07) is 8.16. The first-order valence-corrected chi connectivity index (χ1v) is 10.0. The molecule has 0 radical (unpaired) electrons. The topological polar surface area (TPSA) is 44.4 Å². The third kappa shape index (κ3) is 3.36. The van der Waals surface area contributed by atoms with Crippen molar-refractivity contribution in [2.45, 2.75) is 57.9 Å². The van der Waals surface area contributed by atoms with Gasteiger partial charge in [0.1, 0.15) is 0 Å². The Morgan fingerprint density at radius 3 is 2.00 bits per heavy atom. The summed E-state index contributed by atoms with van der Waals surface area (Å²) in [5.74, 6) is 2.54. The minimum atomic E-state index is -0.0301. The number of benzene rings is 1. The minimum Gasteiger partial charge on any atom is -0.372 e. The van der Waals surface area contributed by atoms with E-state index in [0.717, 1.165) is 36.5 Å². The van der Waals surface area contributed by atoms with Crippen LogP contribution in [-0.4, -0.2) is 24.7 Å². The van der Waals surface area contributed by atoms with E-state index in [0.29, 0.717) is 0 Å². The molecular formula is C21H31N3O. The fourth-order valence-electron chi connectivity index (χ4n) is 6.01. The van der Waals surface area contributed by atoms with Gasteiger partial charge in [-0.05, 0) is 94.4 Å². The lowest BCUT2D eigenvalue weighted by Crippen LogP contribution is -2.60. The Kier molecular flexibility index (Phi) is 4.38. The molecule has 4 heteroatoms. The van der Waals surface area contributed by atoms with E-state index in [4.69, 9.17) is 0 Å². The molecule has 0 heterocycles. The summed E-state index contributed by atoms with van der Waals surface area (Å²) < 4.78 is 0. The van der Waals surface area contributed by atoms with Crippen molar-refractivity contribution >= 4 is 17.4 Å². The van der Waals surface area contributed by atoms with Gasteiger partial charge >= 0.3 is 6.03 Å². The van der Waals surface area contributed by atoms with Crippen LogP contribution in [0.2, 0.25) is 0 Å². The minimum absolute atomic E-state index is 0.0301. The van der Waals surface area contributed by atoms with Gasteiger partial charge in [-0.15, -0.1) is 0 Å². The zero-order valence-electron chi connectivity index (χ0n) is 15.6. The van der Waals surface area contributed by atoms with Crippen molar-refractivity contribution in [2.75, 3.05) is 23.3 Å². The van der Waals surface area contributed by atoms with Crippen LogP contribution in [0.25, 0.3) is 0 Å². The molecule has 136 valence electrons. The van der Waals surface area contributed by atoms with Crippen LogP contribution in [0.15, 0.2) is 24.3 Å². The maximum absolute atomic E-state index is 12.6. The van der Waals surface area contributed by atoms with Gasteiger partial charge in [-0.25, -0.2) is 4.79 Å². The molecule has 5 rings (SSSR count). The Bertz CT molecular complexity index is 585. The maximum atomic E-state index is 12.6. The van der Waals surface area contributed by atoms with E-state index < -0.39 is 0 Å². The quantitative estimate of drug-likeness (QED) is 0.820. The normalized spacial score (nSPS) is 32.5. The molecule has 4 aliphatic rings. The zero-order valence-corrected chi connectivity index (χ0v) is 15.6. The molecule has 0 unspecified atom stereocenters. The highest BCUT2D eigenvalue weighted by molar-refractivity contribution is 5.90. The lowest BCUT2D eigenvalue weighted by molar-refractivity contribution is -0.0127. The van der Waals surface area contributed by atoms with Crippen LogP contribution in [0.4, 0.5) is 16.2 Å². The van der Waals surface area contributed by atoms with Gasteiger partial charge in [-0.2, -0.15) is 0 Å². The molecule has 0 aromatic heterocycles. The maximum Gasteiger partial charge on any atom is 0.319 e. The molecule has 4 saturated carbocycles. The predicted octanol–water partition coefficient (Wildman–Crippen LogP) is 4.62. The lowest BCUT2D eigenvalue weighted by atomic mass is 9.53. The first-order chi connectivity index (χ1) is 12.1. The van der Waals surface area contributed by atoms with Crippen molar-refractivity contribution in [2.24, 2.45) is 17.8 Å². The lowest BCUT2D eigenvalue weighted by Gasteiger charge is -2.56. The smallest absolute Gasteiger partial charge is 0.319 e. The average molecular weight is 341 g/mol. The second-order valence-electron chi connectivity index (χ2n) is 8.50. The van der Waals surface area contributed by atoms with Gasteiger partial charge in [0.15, 0.2) is 0 Å². The largest absolute Gasteiger partial charge is 0.372 e. The van der Waals surface area contributed by atoms with Crippen molar-refractivity contribution in [3.63, 3.8) is 0 Å². The van der Waals surface area contributed by atoms with Crippen LogP contribution in [0.5, 0.6) is 0 Å². The molecule has 0 saturated heterocycles. The second-order valence-corrected chi connectivity index (χ2v) is 8.50. The fourth-order valence-corrected chi connectivity index (χ4v) is 6.01. The SMILES string of the molecule is CCN(CC)c1ccc(NC(=O)NC23CC4CC(CC(C4)C2)C3)cc1. The average Bonchev–Trinajstić information content (AvgIpc) is 2.55. The second kappa shape index (κ2) is 6.54. The van der Waals surface area contributed by atoms with Gasteiger partial charge in [0.2, 0.25) is 0 Å². The Balaban J connectivity index is 1.38. The number of nitrogens with zero attached hydrogens (tertiary/aromatic N) is 1. The molecule has 0 atom stereocenters. The fraction of sp³-hybridized carbons (Fsp3) is 0.667. The highest BCUT2D eigenvalue weighted by Crippen LogP contribution is 2.55. The van der Waals surface area contributed by atoms with Crippen LogP contribution in [0.1, 0.15) is 52.4 Å². The molecule has 2 N–H and O–H groups in total. The molecule has 1 aromatic rings. The summed E-state index contributed by atoms with van der Waals surface area (Å²) in [4.78, 5) is 14.9. The Hall–Kier alpha value is -1.71. The third-order valence-electron chi connectivity index (χ3n) is 6.67. The van der Waals surface area contributed by atoms with E-state index in [1.807, 2.05) is 12.1 Å². The zero-order chi connectivity index (χ0) is 17.4. The van der Waals surface area contributed by atoms with Crippen molar-refractivity contribution < 1.29 is 4.79 Å². The van der Waals surface area contributed by atoms with Gasteiger partial charge in [-0.1, -0.05) is 0 Å². The summed E-state index contributed by atoms with van der Waals surface area (Å²) >= 11 is 0. The molecular weight excluding hydrogens is 310 g/mol. The van der Waals surface area contributed by atoms with Crippen LogP contribution in [0, 0.1) is 17.8 Å². The van der Waals surface area contributed by atoms with Crippen molar-refractivity contribution in [3.8, 4) is 0 Å². The number of urea groups is 1. The molecule has 2 amide bonds. The number of rotatable bonds is 5. The van der Waals surface area contributed by atoms with Crippen LogP contribution in [-0.2, 0) is 0 Å². The van der Waals surface area contributed by atoms with Gasteiger partial charge in [-0.3, -0.25) is 0 Å². The molecule has 0 aliphatic heterocycles. The summed E-state index contributed by atoms with van der Waals surface area (Å²) in [6.07, 6.45) is 7.76. The van der Waals surface area contributed by atoms with Crippen molar-refractivity contribution in [1.29, 1.82) is 0 Å². The van der Waals surface area contributed by atoms with Gasteiger partial charge in [0.25, 0.3) is 0 Å². The first kappa shape index (κ1) is 16.7. The summed E-state index contributed by atoms with van der Waals surface area (Å²) in [7, 11) is 0. The van der Waals surface area contributed by atoms with E-state index in [-0.39, 0.29) is 11.6 Å². The highest BCUT2D eigenvalue weighted by Gasteiger charge is 2.51. The van der Waals surface area contributed by atoms with Crippen LogP contribution in [0.3, 0.4) is 0 Å². The number of carbonyl (C=O) groups is 1. The summed E-state index contributed by atoms with van der Waals surface area (Å²) in [6.45, 7) is 6.31. The van der Waals surface area contributed by atoms with E-state index in [1.54, 1.807) is 0 Å². The van der Waals surface area contributed by atoms with E-state index in [1.165, 1.54) is 44.2 Å². The summed E-state index contributed by atoms with van der Waals surface area (Å²) in [5, 5.41) is 6.42. The van der Waals surface area contributed by atoms with Crippen molar-refractivity contribution in [1.82, 2.24) is 5.32 Å².